The van der Waals surface area contributed by atoms with Gasteiger partial charge in [-0.1, -0.05) is 30.3 Å². The van der Waals surface area contributed by atoms with Crippen LogP contribution in [-0.2, 0) is 13.6 Å². The summed E-state index contributed by atoms with van der Waals surface area (Å²) >= 11 is 0. The van der Waals surface area contributed by atoms with Gasteiger partial charge in [0, 0.05) is 31.4 Å². The van der Waals surface area contributed by atoms with Crippen molar-refractivity contribution in [2.75, 3.05) is 0 Å². The number of nitrogens with zero attached hydrogens (tertiary/aromatic N) is 2. The maximum Gasteiger partial charge on any atom is 0.0534 e. The summed E-state index contributed by atoms with van der Waals surface area (Å²) in [6, 6.07) is 11.5. The van der Waals surface area contributed by atoms with Crippen molar-refractivity contribution in [3.05, 3.63) is 53.9 Å². The van der Waals surface area contributed by atoms with Crippen LogP contribution in [0, 0.1) is 0 Å². The Labute approximate surface area is 108 Å². The highest BCUT2D eigenvalue weighted by Crippen LogP contribution is 2.36. The molecule has 0 atom stereocenters. The largest absolute Gasteiger partial charge is 0.310 e. The predicted octanol–water partition coefficient (Wildman–Crippen LogP) is 2.46. The standard InChI is InChI=1S/C15H19N3/c1-18-11-12(10-17-18)9-16-15-7-14(8-15)13-5-3-2-4-6-13/h2-6,10-11,14-16H,7-9H2,1H3. The summed E-state index contributed by atoms with van der Waals surface area (Å²) in [5.74, 6) is 0.748. The van der Waals surface area contributed by atoms with Crippen molar-refractivity contribution >= 4 is 0 Å². The van der Waals surface area contributed by atoms with Crippen molar-refractivity contribution in [1.29, 1.82) is 0 Å². The molecule has 1 aliphatic carbocycles. The molecule has 0 unspecified atom stereocenters. The predicted molar refractivity (Wildman–Crippen MR) is 72.3 cm³/mol. The highest BCUT2D eigenvalue weighted by Gasteiger charge is 2.29. The van der Waals surface area contributed by atoms with E-state index in [1.54, 1.807) is 0 Å². The van der Waals surface area contributed by atoms with Crippen molar-refractivity contribution in [1.82, 2.24) is 15.1 Å². The fraction of sp³-hybridized carbons (Fsp3) is 0.400. The molecular formula is C15H19N3. The zero-order valence-electron chi connectivity index (χ0n) is 10.7. The van der Waals surface area contributed by atoms with E-state index in [1.807, 2.05) is 17.9 Å². The molecule has 0 bridgehead atoms. The smallest absolute Gasteiger partial charge is 0.0534 e. The number of rotatable bonds is 4. The van der Waals surface area contributed by atoms with E-state index < -0.39 is 0 Å². The Morgan fingerprint density at radius 3 is 2.72 bits per heavy atom. The lowest BCUT2D eigenvalue weighted by atomic mass is 9.76. The molecule has 94 valence electrons. The van der Waals surface area contributed by atoms with Gasteiger partial charge < -0.3 is 5.32 Å². The fourth-order valence-corrected chi connectivity index (χ4v) is 2.61. The first-order valence-electron chi connectivity index (χ1n) is 6.57. The van der Waals surface area contributed by atoms with Gasteiger partial charge in [0.1, 0.15) is 0 Å². The van der Waals surface area contributed by atoms with Crippen LogP contribution in [0.2, 0.25) is 0 Å². The number of aryl methyl sites for hydroxylation is 1. The minimum Gasteiger partial charge on any atom is -0.310 e. The van der Waals surface area contributed by atoms with Crippen LogP contribution in [0.15, 0.2) is 42.7 Å². The third kappa shape index (κ3) is 2.46. The van der Waals surface area contributed by atoms with Crippen LogP contribution in [0.3, 0.4) is 0 Å². The summed E-state index contributed by atoms with van der Waals surface area (Å²) in [4.78, 5) is 0. The molecule has 1 aliphatic rings. The Kier molecular flexibility index (Phi) is 3.15. The maximum atomic E-state index is 4.18. The van der Waals surface area contributed by atoms with Gasteiger partial charge in [-0.25, -0.2) is 0 Å². The molecule has 0 aliphatic heterocycles. The fourth-order valence-electron chi connectivity index (χ4n) is 2.61. The Bertz CT molecular complexity index is 497. The van der Waals surface area contributed by atoms with Crippen molar-refractivity contribution in [2.24, 2.45) is 7.05 Å². The van der Waals surface area contributed by atoms with Gasteiger partial charge in [0.2, 0.25) is 0 Å². The van der Waals surface area contributed by atoms with Crippen molar-refractivity contribution in [3.8, 4) is 0 Å². The Morgan fingerprint density at radius 1 is 1.28 bits per heavy atom. The van der Waals surface area contributed by atoms with Gasteiger partial charge in [-0.15, -0.1) is 0 Å². The molecule has 3 heteroatoms. The molecule has 0 radical (unpaired) electrons. The lowest BCUT2D eigenvalue weighted by molar-refractivity contribution is 0.289. The molecule has 1 saturated carbocycles. The SMILES string of the molecule is Cn1cc(CNC2CC(c3ccccc3)C2)cn1. The molecule has 0 amide bonds. The third-order valence-corrected chi connectivity index (χ3v) is 3.76. The summed E-state index contributed by atoms with van der Waals surface area (Å²) in [5, 5.41) is 7.77. The zero-order valence-corrected chi connectivity index (χ0v) is 10.7. The molecule has 1 fully saturated rings. The minimum atomic E-state index is 0.662. The van der Waals surface area contributed by atoms with Crippen molar-refractivity contribution in [3.63, 3.8) is 0 Å². The highest BCUT2D eigenvalue weighted by atomic mass is 15.2. The zero-order chi connectivity index (χ0) is 12.4. The first-order valence-corrected chi connectivity index (χ1v) is 6.57. The van der Waals surface area contributed by atoms with Gasteiger partial charge in [-0.2, -0.15) is 5.10 Å². The van der Waals surface area contributed by atoms with E-state index in [0.717, 1.165) is 12.5 Å². The summed E-state index contributed by atoms with van der Waals surface area (Å²) < 4.78 is 1.85. The average Bonchev–Trinajstić information content (AvgIpc) is 2.74. The summed E-state index contributed by atoms with van der Waals surface area (Å²) in [7, 11) is 1.96. The van der Waals surface area contributed by atoms with E-state index in [-0.39, 0.29) is 0 Å². The van der Waals surface area contributed by atoms with E-state index in [0.29, 0.717) is 6.04 Å². The van der Waals surface area contributed by atoms with Crippen LogP contribution >= 0.6 is 0 Å². The third-order valence-electron chi connectivity index (χ3n) is 3.76. The Balaban J connectivity index is 1.46. The van der Waals surface area contributed by atoms with Crippen LogP contribution in [-0.4, -0.2) is 15.8 Å². The quantitative estimate of drug-likeness (QED) is 0.891. The summed E-state index contributed by atoms with van der Waals surface area (Å²) in [5.41, 5.74) is 2.75. The maximum absolute atomic E-state index is 4.18. The number of aromatic nitrogens is 2. The van der Waals surface area contributed by atoms with Crippen molar-refractivity contribution in [2.45, 2.75) is 31.3 Å². The van der Waals surface area contributed by atoms with E-state index >= 15 is 0 Å². The summed E-state index contributed by atoms with van der Waals surface area (Å²) in [6.45, 7) is 0.931. The highest BCUT2D eigenvalue weighted by molar-refractivity contribution is 5.22. The van der Waals surface area contributed by atoms with Crippen LogP contribution in [0.25, 0.3) is 0 Å². The number of hydrogen-bond acceptors (Lipinski definition) is 2. The van der Waals surface area contributed by atoms with Gasteiger partial charge in [0.05, 0.1) is 6.20 Å². The molecule has 1 aromatic heterocycles. The number of nitrogens with one attached hydrogen (secondary N) is 1. The van der Waals surface area contributed by atoms with Gasteiger partial charge in [0.15, 0.2) is 0 Å². The van der Waals surface area contributed by atoms with Crippen LogP contribution in [0.4, 0.5) is 0 Å². The van der Waals surface area contributed by atoms with Gasteiger partial charge >= 0.3 is 0 Å². The average molecular weight is 241 g/mol. The number of hydrogen-bond donors (Lipinski definition) is 1. The second-order valence-corrected chi connectivity index (χ2v) is 5.18. The number of benzene rings is 1. The summed E-state index contributed by atoms with van der Waals surface area (Å²) in [6.07, 6.45) is 6.51. The van der Waals surface area contributed by atoms with E-state index in [2.05, 4.69) is 46.9 Å². The van der Waals surface area contributed by atoms with Gasteiger partial charge in [0.25, 0.3) is 0 Å². The van der Waals surface area contributed by atoms with E-state index in [9.17, 15) is 0 Å². The van der Waals surface area contributed by atoms with Gasteiger partial charge in [-0.3, -0.25) is 4.68 Å². The first-order chi connectivity index (χ1) is 8.81. The topological polar surface area (TPSA) is 29.9 Å². The molecule has 1 N–H and O–H groups in total. The normalized spacial score (nSPS) is 22.7. The van der Waals surface area contributed by atoms with Crippen molar-refractivity contribution < 1.29 is 0 Å². The lowest BCUT2D eigenvalue weighted by Gasteiger charge is -2.36. The second-order valence-electron chi connectivity index (χ2n) is 5.18. The molecule has 2 aromatic rings. The molecule has 3 nitrogen and oxygen atoms in total. The van der Waals surface area contributed by atoms with E-state index in [4.69, 9.17) is 0 Å². The van der Waals surface area contributed by atoms with Crippen LogP contribution in [0.1, 0.15) is 29.9 Å². The molecule has 0 saturated heterocycles. The Morgan fingerprint density at radius 2 is 2.06 bits per heavy atom. The van der Waals surface area contributed by atoms with Crippen LogP contribution in [0.5, 0.6) is 0 Å². The monoisotopic (exact) mass is 241 g/mol. The molecule has 18 heavy (non-hydrogen) atoms. The van der Waals surface area contributed by atoms with E-state index in [1.165, 1.54) is 24.0 Å². The Hall–Kier alpha value is -1.61. The molecule has 1 heterocycles. The molecule has 0 spiro atoms. The molecular weight excluding hydrogens is 222 g/mol. The lowest BCUT2D eigenvalue weighted by Crippen LogP contribution is -2.39. The van der Waals surface area contributed by atoms with Crippen LogP contribution < -0.4 is 5.32 Å². The first kappa shape index (κ1) is 11.5. The van der Waals surface area contributed by atoms with Gasteiger partial charge in [-0.05, 0) is 24.3 Å². The molecule has 1 aromatic carbocycles. The molecule has 3 rings (SSSR count). The minimum absolute atomic E-state index is 0.662. The second kappa shape index (κ2) is 4.94.